The third-order valence-corrected chi connectivity index (χ3v) is 3.64. The molecule has 1 aliphatic rings. The predicted octanol–water partition coefficient (Wildman–Crippen LogP) is 2.73. The molecule has 1 aliphatic carbocycles. The highest BCUT2D eigenvalue weighted by Gasteiger charge is 2.16. The van der Waals surface area contributed by atoms with Gasteiger partial charge in [-0.15, -0.1) is 0 Å². The fourth-order valence-corrected chi connectivity index (χ4v) is 2.55. The average molecular weight is 284 g/mol. The van der Waals surface area contributed by atoms with Gasteiger partial charge < -0.3 is 15.2 Å². The van der Waals surface area contributed by atoms with E-state index in [1.807, 2.05) is 12.1 Å². The number of nitrogens with zero attached hydrogens (tertiary/aromatic N) is 1. The van der Waals surface area contributed by atoms with Gasteiger partial charge in [0, 0.05) is 6.20 Å². The van der Waals surface area contributed by atoms with Crippen molar-refractivity contribution in [1.82, 2.24) is 4.98 Å². The zero-order valence-electron chi connectivity index (χ0n) is 11.8. The standard InChI is InChI=1S/C16H16N2O3/c1-20-16(19)13-7-8-18-15(14(13)17)21-12-6-5-10-3-2-4-11(10)9-12/h5-9H,2-4,17H2,1H3. The molecule has 0 spiro atoms. The van der Waals surface area contributed by atoms with E-state index in [-0.39, 0.29) is 17.1 Å². The van der Waals surface area contributed by atoms with E-state index in [9.17, 15) is 4.79 Å². The summed E-state index contributed by atoms with van der Waals surface area (Å²) in [4.78, 5) is 15.7. The predicted molar refractivity (Wildman–Crippen MR) is 78.5 cm³/mol. The highest BCUT2D eigenvalue weighted by Crippen LogP contribution is 2.31. The highest BCUT2D eigenvalue weighted by atomic mass is 16.5. The second-order valence-electron chi connectivity index (χ2n) is 4.96. The summed E-state index contributed by atoms with van der Waals surface area (Å²) in [5.74, 6) is 0.390. The van der Waals surface area contributed by atoms with Crippen LogP contribution in [0.4, 0.5) is 5.69 Å². The van der Waals surface area contributed by atoms with E-state index >= 15 is 0 Å². The van der Waals surface area contributed by atoms with Crippen LogP contribution in [0.15, 0.2) is 30.5 Å². The minimum atomic E-state index is -0.506. The van der Waals surface area contributed by atoms with Crippen LogP contribution in [0.1, 0.15) is 27.9 Å². The van der Waals surface area contributed by atoms with Crippen LogP contribution >= 0.6 is 0 Å². The van der Waals surface area contributed by atoms with E-state index in [2.05, 4.69) is 15.8 Å². The third kappa shape index (κ3) is 2.54. The lowest BCUT2D eigenvalue weighted by atomic mass is 10.1. The normalized spacial score (nSPS) is 12.8. The van der Waals surface area contributed by atoms with Crippen LogP contribution in [0, 0.1) is 0 Å². The van der Waals surface area contributed by atoms with Gasteiger partial charge in [0.25, 0.3) is 0 Å². The Labute approximate surface area is 122 Å². The molecule has 1 aromatic carbocycles. The molecule has 5 nitrogen and oxygen atoms in total. The number of anilines is 1. The zero-order chi connectivity index (χ0) is 14.8. The second kappa shape index (κ2) is 5.44. The molecule has 2 N–H and O–H groups in total. The molecule has 1 heterocycles. The molecule has 2 aromatic rings. The second-order valence-corrected chi connectivity index (χ2v) is 4.96. The lowest BCUT2D eigenvalue weighted by Gasteiger charge is -2.10. The Hall–Kier alpha value is -2.56. The van der Waals surface area contributed by atoms with Gasteiger partial charge in [0.15, 0.2) is 0 Å². The molecule has 0 radical (unpaired) electrons. The van der Waals surface area contributed by atoms with E-state index < -0.39 is 5.97 Å². The molecule has 3 rings (SSSR count). The number of esters is 1. The fraction of sp³-hybridized carbons (Fsp3) is 0.250. The Morgan fingerprint density at radius 2 is 2.05 bits per heavy atom. The number of methoxy groups -OCH3 is 1. The number of aromatic nitrogens is 1. The van der Waals surface area contributed by atoms with Gasteiger partial charge in [0.05, 0.1) is 12.7 Å². The van der Waals surface area contributed by atoms with E-state index in [1.54, 1.807) is 0 Å². The molecule has 0 aliphatic heterocycles. The first-order chi connectivity index (χ1) is 10.2. The number of hydrogen-bond donors (Lipinski definition) is 1. The number of ether oxygens (including phenoxy) is 2. The summed E-state index contributed by atoms with van der Waals surface area (Å²) < 4.78 is 10.4. The molecule has 0 unspecified atom stereocenters. The molecule has 0 amide bonds. The molecule has 1 aromatic heterocycles. The Morgan fingerprint density at radius 1 is 1.24 bits per heavy atom. The summed E-state index contributed by atoms with van der Waals surface area (Å²) in [6, 6.07) is 7.49. The Kier molecular flexibility index (Phi) is 3.48. The van der Waals surface area contributed by atoms with Crippen molar-refractivity contribution < 1.29 is 14.3 Å². The molecule has 0 saturated heterocycles. The van der Waals surface area contributed by atoms with Gasteiger partial charge in [-0.05, 0) is 48.6 Å². The first-order valence-corrected chi connectivity index (χ1v) is 6.81. The fourth-order valence-electron chi connectivity index (χ4n) is 2.55. The number of fused-ring (bicyclic) bond motifs is 1. The largest absolute Gasteiger partial charge is 0.465 e. The van der Waals surface area contributed by atoms with Crippen molar-refractivity contribution in [3.05, 3.63) is 47.2 Å². The number of nitrogens with two attached hydrogens (primary N) is 1. The molecular formula is C16H16N2O3. The SMILES string of the molecule is COC(=O)c1ccnc(Oc2ccc3c(c2)CCC3)c1N. The minimum absolute atomic E-state index is 0.185. The van der Waals surface area contributed by atoms with Gasteiger partial charge in [-0.1, -0.05) is 6.07 Å². The van der Waals surface area contributed by atoms with Crippen LogP contribution in [0.25, 0.3) is 0 Å². The monoisotopic (exact) mass is 284 g/mol. The number of nitrogen functional groups attached to an aromatic ring is 1. The Balaban J connectivity index is 1.90. The van der Waals surface area contributed by atoms with Crippen molar-refractivity contribution in [2.24, 2.45) is 0 Å². The maximum absolute atomic E-state index is 11.6. The van der Waals surface area contributed by atoms with Crippen molar-refractivity contribution in [1.29, 1.82) is 0 Å². The number of benzene rings is 1. The first kappa shape index (κ1) is 13.4. The number of pyridine rings is 1. The van der Waals surface area contributed by atoms with E-state index in [1.165, 1.54) is 36.9 Å². The van der Waals surface area contributed by atoms with Gasteiger partial charge in [0.1, 0.15) is 11.4 Å². The van der Waals surface area contributed by atoms with Crippen molar-refractivity contribution in [3.63, 3.8) is 0 Å². The van der Waals surface area contributed by atoms with Crippen LogP contribution in [-0.4, -0.2) is 18.1 Å². The number of hydrogen-bond acceptors (Lipinski definition) is 5. The lowest BCUT2D eigenvalue weighted by Crippen LogP contribution is -2.07. The molecule has 5 heteroatoms. The molecule has 0 atom stereocenters. The van der Waals surface area contributed by atoms with Crippen molar-refractivity contribution in [3.8, 4) is 11.6 Å². The van der Waals surface area contributed by atoms with Gasteiger partial charge in [-0.3, -0.25) is 0 Å². The van der Waals surface area contributed by atoms with Crippen molar-refractivity contribution in [2.45, 2.75) is 19.3 Å². The molecular weight excluding hydrogens is 268 g/mol. The van der Waals surface area contributed by atoms with Crippen LogP contribution in [-0.2, 0) is 17.6 Å². The Bertz CT molecular complexity index is 698. The van der Waals surface area contributed by atoms with Crippen LogP contribution in [0.3, 0.4) is 0 Å². The number of rotatable bonds is 3. The zero-order valence-corrected chi connectivity index (χ0v) is 11.8. The highest BCUT2D eigenvalue weighted by molar-refractivity contribution is 5.96. The van der Waals surface area contributed by atoms with Gasteiger partial charge in [0.2, 0.25) is 5.88 Å². The van der Waals surface area contributed by atoms with E-state index in [4.69, 9.17) is 10.5 Å². The summed E-state index contributed by atoms with van der Waals surface area (Å²) in [5, 5.41) is 0. The summed E-state index contributed by atoms with van der Waals surface area (Å²) >= 11 is 0. The molecule has 21 heavy (non-hydrogen) atoms. The number of carbonyl (C=O) groups excluding carboxylic acids is 1. The van der Waals surface area contributed by atoms with Gasteiger partial charge in [-0.25, -0.2) is 9.78 Å². The van der Waals surface area contributed by atoms with Crippen LogP contribution in [0.2, 0.25) is 0 Å². The summed E-state index contributed by atoms with van der Waals surface area (Å²) in [5.41, 5.74) is 9.04. The maximum atomic E-state index is 11.6. The summed E-state index contributed by atoms with van der Waals surface area (Å²) in [6.07, 6.45) is 4.84. The minimum Gasteiger partial charge on any atom is -0.465 e. The van der Waals surface area contributed by atoms with Gasteiger partial charge >= 0.3 is 5.97 Å². The topological polar surface area (TPSA) is 74.4 Å². The number of aryl methyl sites for hydroxylation is 2. The summed E-state index contributed by atoms with van der Waals surface area (Å²) in [7, 11) is 1.31. The first-order valence-electron chi connectivity index (χ1n) is 6.81. The van der Waals surface area contributed by atoms with E-state index in [0.29, 0.717) is 5.75 Å². The van der Waals surface area contributed by atoms with Crippen LogP contribution in [0.5, 0.6) is 11.6 Å². The smallest absolute Gasteiger partial charge is 0.340 e. The molecule has 108 valence electrons. The van der Waals surface area contributed by atoms with Crippen molar-refractivity contribution >= 4 is 11.7 Å². The summed E-state index contributed by atoms with van der Waals surface area (Å²) in [6.45, 7) is 0. The molecule has 0 saturated carbocycles. The molecule has 0 fully saturated rings. The molecule has 0 bridgehead atoms. The third-order valence-electron chi connectivity index (χ3n) is 3.64. The van der Waals surface area contributed by atoms with Crippen LogP contribution < -0.4 is 10.5 Å². The number of carbonyl (C=O) groups is 1. The van der Waals surface area contributed by atoms with Crippen molar-refractivity contribution in [2.75, 3.05) is 12.8 Å². The lowest BCUT2D eigenvalue weighted by molar-refractivity contribution is 0.0601. The average Bonchev–Trinajstić information content (AvgIpc) is 2.96. The van der Waals surface area contributed by atoms with Gasteiger partial charge in [-0.2, -0.15) is 0 Å². The maximum Gasteiger partial charge on any atom is 0.340 e. The quantitative estimate of drug-likeness (QED) is 0.877. The Morgan fingerprint density at radius 3 is 2.86 bits per heavy atom. The van der Waals surface area contributed by atoms with E-state index in [0.717, 1.165) is 12.8 Å².